The lowest BCUT2D eigenvalue weighted by atomic mass is 10.3. The Balaban J connectivity index is 2.64. The van der Waals surface area contributed by atoms with E-state index < -0.39 is 19.4 Å². The summed E-state index contributed by atoms with van der Waals surface area (Å²) in [6.07, 6.45) is 1.73. The van der Waals surface area contributed by atoms with Gasteiger partial charge in [-0.2, -0.15) is 0 Å². The van der Waals surface area contributed by atoms with Crippen molar-refractivity contribution < 1.29 is 27.9 Å². The van der Waals surface area contributed by atoms with Crippen LogP contribution in [0.2, 0.25) is 0 Å². The molecule has 0 saturated carbocycles. The van der Waals surface area contributed by atoms with E-state index in [1.807, 2.05) is 0 Å². The van der Waals surface area contributed by atoms with Crippen LogP contribution >= 0.6 is 7.60 Å². The van der Waals surface area contributed by atoms with Gasteiger partial charge in [0.1, 0.15) is 5.76 Å². The predicted octanol–water partition coefficient (Wildman–Crippen LogP) is 2.84. The number of cyclic esters (lactones) is 1. The quantitative estimate of drug-likeness (QED) is 0.531. The second-order valence-corrected chi connectivity index (χ2v) is 6.64. The molecule has 0 aromatic heterocycles. The largest absolute Gasteiger partial charge is 0.457 e. The van der Waals surface area contributed by atoms with Crippen LogP contribution in [0.4, 0.5) is 0 Å². The Kier molecular flexibility index (Phi) is 5.59. The van der Waals surface area contributed by atoms with Crippen LogP contribution in [0.1, 0.15) is 34.1 Å². The number of carbonyl (C=O) groups excluding carboxylic acids is 1. The predicted molar refractivity (Wildman–Crippen MR) is 69.7 cm³/mol. The van der Waals surface area contributed by atoms with Gasteiger partial charge in [-0.1, -0.05) is 0 Å². The first-order valence-electron chi connectivity index (χ1n) is 6.31. The van der Waals surface area contributed by atoms with E-state index in [1.165, 1.54) is 6.08 Å². The number of allylic oxidation sites excluding steroid dienone is 1. The van der Waals surface area contributed by atoms with Gasteiger partial charge in [-0.15, -0.1) is 0 Å². The van der Waals surface area contributed by atoms with E-state index in [1.54, 1.807) is 27.7 Å². The fourth-order valence-electron chi connectivity index (χ4n) is 1.70. The molecule has 6 nitrogen and oxygen atoms in total. The average molecular weight is 292 g/mol. The zero-order chi connectivity index (χ0) is 14.5. The van der Waals surface area contributed by atoms with Gasteiger partial charge >= 0.3 is 13.6 Å². The van der Waals surface area contributed by atoms with Gasteiger partial charge < -0.3 is 18.5 Å². The summed E-state index contributed by atoms with van der Waals surface area (Å²) in [4.78, 5) is 11.4. The van der Waals surface area contributed by atoms with E-state index in [9.17, 15) is 9.36 Å². The second-order valence-electron chi connectivity index (χ2n) is 4.45. The molecule has 0 N–H and O–H groups in total. The van der Waals surface area contributed by atoms with Crippen molar-refractivity contribution in [2.45, 2.75) is 39.9 Å². The molecule has 0 spiro atoms. The Morgan fingerprint density at radius 1 is 1.21 bits per heavy atom. The van der Waals surface area contributed by atoms with Crippen molar-refractivity contribution >= 4 is 13.6 Å². The molecule has 0 bridgehead atoms. The van der Waals surface area contributed by atoms with Gasteiger partial charge in [0.25, 0.3) is 0 Å². The summed E-state index contributed by atoms with van der Waals surface area (Å²) in [6, 6.07) is 0. The minimum absolute atomic E-state index is 0.171. The highest BCUT2D eigenvalue weighted by Crippen LogP contribution is 2.49. The summed E-state index contributed by atoms with van der Waals surface area (Å²) in [5, 5.41) is 0. The van der Waals surface area contributed by atoms with Gasteiger partial charge in [0.2, 0.25) is 5.79 Å². The molecule has 0 aliphatic carbocycles. The minimum atomic E-state index is -3.12. The van der Waals surface area contributed by atoms with Crippen LogP contribution in [0.25, 0.3) is 0 Å². The normalized spacial score (nSPS) is 18.5. The van der Waals surface area contributed by atoms with E-state index in [0.717, 1.165) is 0 Å². The Morgan fingerprint density at radius 3 is 2.26 bits per heavy atom. The van der Waals surface area contributed by atoms with E-state index in [2.05, 4.69) is 0 Å². The molecule has 1 aliphatic rings. The highest BCUT2D eigenvalue weighted by Gasteiger charge is 2.32. The van der Waals surface area contributed by atoms with E-state index in [0.29, 0.717) is 25.4 Å². The summed E-state index contributed by atoms with van der Waals surface area (Å²) < 4.78 is 33.0. The molecule has 0 saturated heterocycles. The van der Waals surface area contributed by atoms with Crippen molar-refractivity contribution in [3.8, 4) is 0 Å². The molecule has 7 heteroatoms. The van der Waals surface area contributed by atoms with Crippen LogP contribution in [-0.4, -0.2) is 31.1 Å². The van der Waals surface area contributed by atoms with E-state index >= 15 is 0 Å². The number of hydrogen-bond acceptors (Lipinski definition) is 6. The SMILES string of the molecule is CCOP(=O)(CCC1=CC(=O)OC(C)(C)O1)OCC. The minimum Gasteiger partial charge on any atom is -0.457 e. The lowest BCUT2D eigenvalue weighted by molar-refractivity contribution is -0.205. The molecule has 0 radical (unpaired) electrons. The smallest absolute Gasteiger partial charge is 0.337 e. The first kappa shape index (κ1) is 16.2. The molecule has 0 aromatic rings. The zero-order valence-electron chi connectivity index (χ0n) is 11.8. The zero-order valence-corrected chi connectivity index (χ0v) is 12.7. The summed E-state index contributed by atoms with van der Waals surface area (Å²) in [6.45, 7) is 7.41. The summed E-state index contributed by atoms with van der Waals surface area (Å²) in [5.74, 6) is -1.03. The maximum absolute atomic E-state index is 12.3. The fraction of sp³-hybridized carbons (Fsp3) is 0.750. The molecule has 0 atom stereocenters. The number of hydrogen-bond donors (Lipinski definition) is 0. The summed E-state index contributed by atoms with van der Waals surface area (Å²) >= 11 is 0. The third kappa shape index (κ3) is 5.35. The summed E-state index contributed by atoms with van der Waals surface area (Å²) in [7, 11) is -3.12. The fourth-order valence-corrected chi connectivity index (χ4v) is 3.31. The highest BCUT2D eigenvalue weighted by atomic mass is 31.2. The molecule has 1 aliphatic heterocycles. The highest BCUT2D eigenvalue weighted by molar-refractivity contribution is 7.53. The molecule has 1 rings (SSSR count). The van der Waals surface area contributed by atoms with Crippen molar-refractivity contribution in [1.29, 1.82) is 0 Å². The van der Waals surface area contributed by atoms with Crippen LogP contribution in [-0.2, 0) is 27.9 Å². The molecular weight excluding hydrogens is 271 g/mol. The Labute approximate surface area is 113 Å². The van der Waals surface area contributed by atoms with E-state index in [-0.39, 0.29) is 6.16 Å². The maximum Gasteiger partial charge on any atom is 0.337 e. The first-order chi connectivity index (χ1) is 8.80. The third-order valence-electron chi connectivity index (χ3n) is 2.29. The van der Waals surface area contributed by atoms with Crippen LogP contribution in [0.15, 0.2) is 11.8 Å². The van der Waals surface area contributed by atoms with Gasteiger partial charge in [-0.3, -0.25) is 4.57 Å². The monoisotopic (exact) mass is 292 g/mol. The van der Waals surface area contributed by atoms with Gasteiger partial charge in [0.05, 0.1) is 25.5 Å². The van der Waals surface area contributed by atoms with Crippen LogP contribution in [0, 0.1) is 0 Å². The number of ether oxygens (including phenoxy) is 2. The maximum atomic E-state index is 12.3. The van der Waals surface area contributed by atoms with Crippen molar-refractivity contribution in [3.05, 3.63) is 11.8 Å². The molecule has 0 amide bonds. The number of esters is 1. The van der Waals surface area contributed by atoms with Crippen molar-refractivity contribution in [2.24, 2.45) is 0 Å². The van der Waals surface area contributed by atoms with Crippen molar-refractivity contribution in [2.75, 3.05) is 19.4 Å². The lowest BCUT2D eigenvalue weighted by Crippen LogP contribution is -2.34. The molecule has 0 aromatic carbocycles. The van der Waals surface area contributed by atoms with Crippen LogP contribution in [0.5, 0.6) is 0 Å². The Bertz CT molecular complexity index is 391. The topological polar surface area (TPSA) is 71.1 Å². The Hall–Kier alpha value is -0.840. The standard InChI is InChI=1S/C12H21O6P/c1-5-15-19(14,16-6-2)8-7-10-9-11(13)18-12(3,4)17-10/h9H,5-8H2,1-4H3. The van der Waals surface area contributed by atoms with Gasteiger partial charge in [0, 0.05) is 20.3 Å². The average Bonchev–Trinajstić information content (AvgIpc) is 2.24. The molecule has 19 heavy (non-hydrogen) atoms. The first-order valence-corrected chi connectivity index (χ1v) is 8.03. The third-order valence-corrected chi connectivity index (χ3v) is 4.36. The molecular formula is C12H21O6P. The van der Waals surface area contributed by atoms with Gasteiger partial charge in [-0.05, 0) is 13.8 Å². The molecule has 110 valence electrons. The second kappa shape index (κ2) is 6.55. The van der Waals surface area contributed by atoms with Crippen molar-refractivity contribution in [3.63, 3.8) is 0 Å². The number of carbonyl (C=O) groups is 1. The number of rotatable bonds is 7. The molecule has 1 heterocycles. The molecule has 0 unspecified atom stereocenters. The van der Waals surface area contributed by atoms with Gasteiger partial charge in [0.15, 0.2) is 0 Å². The van der Waals surface area contributed by atoms with Crippen LogP contribution < -0.4 is 0 Å². The van der Waals surface area contributed by atoms with Crippen LogP contribution in [0.3, 0.4) is 0 Å². The van der Waals surface area contributed by atoms with E-state index in [4.69, 9.17) is 18.5 Å². The van der Waals surface area contributed by atoms with Crippen molar-refractivity contribution in [1.82, 2.24) is 0 Å². The van der Waals surface area contributed by atoms with Gasteiger partial charge in [-0.25, -0.2) is 4.79 Å². The summed E-state index contributed by atoms with van der Waals surface area (Å²) in [5.41, 5.74) is 0. The molecule has 0 fully saturated rings. The Morgan fingerprint density at radius 2 is 1.79 bits per heavy atom. The lowest BCUT2D eigenvalue weighted by Gasteiger charge is -2.31.